The number of para-hydroxylation sites is 1. The van der Waals surface area contributed by atoms with E-state index < -0.39 is 0 Å². The quantitative estimate of drug-likeness (QED) is 0.712. The molecule has 0 aliphatic rings. The van der Waals surface area contributed by atoms with Crippen LogP contribution in [0.5, 0.6) is 11.5 Å². The van der Waals surface area contributed by atoms with Gasteiger partial charge < -0.3 is 14.8 Å². The second-order valence-corrected chi connectivity index (χ2v) is 5.82. The highest BCUT2D eigenvalue weighted by atomic mass is 16.5. The van der Waals surface area contributed by atoms with Crippen LogP contribution in [-0.4, -0.2) is 30.3 Å². The number of benzene rings is 2. The number of nitrogens with one attached hydrogen (secondary N) is 2. The zero-order valence-electron chi connectivity index (χ0n) is 14.9. The molecule has 1 atom stereocenters. The van der Waals surface area contributed by atoms with Crippen LogP contribution in [-0.2, 0) is 0 Å². The molecule has 0 saturated heterocycles. The predicted molar refractivity (Wildman–Crippen MR) is 99.5 cm³/mol. The summed E-state index contributed by atoms with van der Waals surface area (Å²) in [5, 5.41) is 9.94. The van der Waals surface area contributed by atoms with Gasteiger partial charge in [0.15, 0.2) is 0 Å². The van der Waals surface area contributed by atoms with E-state index in [-0.39, 0.29) is 11.9 Å². The van der Waals surface area contributed by atoms with Crippen molar-refractivity contribution in [2.75, 3.05) is 14.2 Å². The average molecular weight is 351 g/mol. The maximum absolute atomic E-state index is 12.8. The molecule has 3 rings (SSSR count). The number of aromatic nitrogens is 2. The van der Waals surface area contributed by atoms with Crippen LogP contribution < -0.4 is 14.8 Å². The summed E-state index contributed by atoms with van der Waals surface area (Å²) in [4.78, 5) is 12.8. The zero-order chi connectivity index (χ0) is 18.5. The second kappa shape index (κ2) is 7.74. The molecule has 26 heavy (non-hydrogen) atoms. The van der Waals surface area contributed by atoms with Crippen molar-refractivity contribution in [3.05, 3.63) is 65.9 Å². The molecule has 2 N–H and O–H groups in total. The number of hydrogen-bond acceptors (Lipinski definition) is 4. The highest BCUT2D eigenvalue weighted by Gasteiger charge is 2.19. The molecule has 0 spiro atoms. The lowest BCUT2D eigenvalue weighted by Gasteiger charge is -2.17. The first-order chi connectivity index (χ1) is 12.6. The number of ether oxygens (including phenoxy) is 2. The Morgan fingerprint density at radius 3 is 2.50 bits per heavy atom. The number of hydrogen-bond donors (Lipinski definition) is 2. The monoisotopic (exact) mass is 351 g/mol. The summed E-state index contributed by atoms with van der Waals surface area (Å²) >= 11 is 0. The molecule has 1 amide bonds. The van der Waals surface area contributed by atoms with Crippen molar-refractivity contribution < 1.29 is 14.3 Å². The van der Waals surface area contributed by atoms with Gasteiger partial charge in [-0.1, -0.05) is 18.2 Å². The lowest BCUT2D eigenvalue weighted by atomic mass is 10.0. The fraction of sp³-hybridized carbons (Fsp3) is 0.200. The first-order valence-electron chi connectivity index (χ1n) is 8.25. The molecule has 1 unspecified atom stereocenters. The van der Waals surface area contributed by atoms with Crippen molar-refractivity contribution in [2.24, 2.45) is 0 Å². The number of carbonyl (C=O) groups excluding carboxylic acids is 1. The summed E-state index contributed by atoms with van der Waals surface area (Å²) in [6.45, 7) is 1.92. The maximum atomic E-state index is 12.8. The molecule has 0 bridgehead atoms. The number of amides is 1. The number of carbonyl (C=O) groups is 1. The standard InChI is InChI=1S/C20H21N3O3/c1-13(16-6-4-5-7-18(16)26-3)22-20(24)17-12-21-23-19(17)14-8-10-15(25-2)11-9-14/h4-13H,1-3H3,(H,21,23)(H,22,24). The number of H-pyrrole nitrogens is 1. The largest absolute Gasteiger partial charge is 0.497 e. The minimum absolute atomic E-state index is 0.206. The predicted octanol–water partition coefficient (Wildman–Crippen LogP) is 3.58. The lowest BCUT2D eigenvalue weighted by Crippen LogP contribution is -2.27. The van der Waals surface area contributed by atoms with E-state index >= 15 is 0 Å². The second-order valence-electron chi connectivity index (χ2n) is 5.82. The molecule has 0 radical (unpaired) electrons. The Balaban J connectivity index is 1.81. The van der Waals surface area contributed by atoms with Crippen LogP contribution in [0, 0.1) is 0 Å². The smallest absolute Gasteiger partial charge is 0.255 e. The number of rotatable bonds is 6. The molecule has 6 nitrogen and oxygen atoms in total. The molecule has 134 valence electrons. The van der Waals surface area contributed by atoms with Crippen LogP contribution in [0.1, 0.15) is 28.9 Å². The highest BCUT2D eigenvalue weighted by molar-refractivity contribution is 6.00. The maximum Gasteiger partial charge on any atom is 0.255 e. The molecule has 3 aromatic rings. The minimum Gasteiger partial charge on any atom is -0.497 e. The van der Waals surface area contributed by atoms with Gasteiger partial charge in [0.05, 0.1) is 37.7 Å². The average Bonchev–Trinajstić information content (AvgIpc) is 3.18. The van der Waals surface area contributed by atoms with Crippen molar-refractivity contribution in [3.8, 4) is 22.8 Å². The van der Waals surface area contributed by atoms with Gasteiger partial charge in [-0.05, 0) is 37.3 Å². The molecule has 0 aliphatic carbocycles. The van der Waals surface area contributed by atoms with E-state index in [4.69, 9.17) is 9.47 Å². The van der Waals surface area contributed by atoms with Gasteiger partial charge in [-0.25, -0.2) is 0 Å². The lowest BCUT2D eigenvalue weighted by molar-refractivity contribution is 0.0940. The summed E-state index contributed by atoms with van der Waals surface area (Å²) in [7, 11) is 3.23. The van der Waals surface area contributed by atoms with Crippen LogP contribution >= 0.6 is 0 Å². The molecule has 6 heteroatoms. The van der Waals surface area contributed by atoms with Crippen LogP contribution in [0.25, 0.3) is 11.3 Å². The third kappa shape index (κ3) is 3.54. The van der Waals surface area contributed by atoms with Gasteiger partial charge in [-0.3, -0.25) is 9.89 Å². The number of aromatic amines is 1. The Hall–Kier alpha value is -3.28. The van der Waals surface area contributed by atoms with E-state index in [0.717, 1.165) is 22.6 Å². The molecule has 2 aromatic carbocycles. The summed E-state index contributed by atoms with van der Waals surface area (Å²) in [6.07, 6.45) is 1.53. The van der Waals surface area contributed by atoms with E-state index in [1.807, 2.05) is 55.5 Å². The van der Waals surface area contributed by atoms with Crippen LogP contribution in [0.15, 0.2) is 54.7 Å². The summed E-state index contributed by atoms with van der Waals surface area (Å²) < 4.78 is 10.5. The van der Waals surface area contributed by atoms with Crippen molar-refractivity contribution in [3.63, 3.8) is 0 Å². The van der Waals surface area contributed by atoms with E-state index in [1.54, 1.807) is 14.2 Å². The fourth-order valence-electron chi connectivity index (χ4n) is 2.81. The minimum atomic E-state index is -0.211. The van der Waals surface area contributed by atoms with Gasteiger partial charge in [0.1, 0.15) is 11.5 Å². The summed E-state index contributed by atoms with van der Waals surface area (Å²) in [5.41, 5.74) is 2.92. The molecule has 1 heterocycles. The van der Waals surface area contributed by atoms with E-state index in [9.17, 15) is 4.79 Å². The van der Waals surface area contributed by atoms with Crippen LogP contribution in [0.4, 0.5) is 0 Å². The molecular formula is C20H21N3O3. The van der Waals surface area contributed by atoms with Crippen molar-refractivity contribution in [2.45, 2.75) is 13.0 Å². The summed E-state index contributed by atoms with van der Waals surface area (Å²) in [5.74, 6) is 1.29. The van der Waals surface area contributed by atoms with E-state index in [0.29, 0.717) is 11.3 Å². The highest BCUT2D eigenvalue weighted by Crippen LogP contribution is 2.27. The van der Waals surface area contributed by atoms with Crippen molar-refractivity contribution >= 4 is 5.91 Å². The Labute approximate surface area is 152 Å². The third-order valence-electron chi connectivity index (χ3n) is 4.22. The Morgan fingerprint density at radius 2 is 1.81 bits per heavy atom. The first kappa shape index (κ1) is 17.5. The first-order valence-corrected chi connectivity index (χ1v) is 8.25. The van der Waals surface area contributed by atoms with Gasteiger partial charge in [-0.15, -0.1) is 0 Å². The van der Waals surface area contributed by atoms with E-state index in [2.05, 4.69) is 15.5 Å². The van der Waals surface area contributed by atoms with Gasteiger partial charge >= 0.3 is 0 Å². The third-order valence-corrected chi connectivity index (χ3v) is 4.22. The van der Waals surface area contributed by atoms with Crippen molar-refractivity contribution in [1.29, 1.82) is 0 Å². The topological polar surface area (TPSA) is 76.2 Å². The van der Waals surface area contributed by atoms with Crippen LogP contribution in [0.2, 0.25) is 0 Å². The number of methoxy groups -OCH3 is 2. The summed E-state index contributed by atoms with van der Waals surface area (Å²) in [6, 6.07) is 14.9. The van der Waals surface area contributed by atoms with Gasteiger partial charge in [0, 0.05) is 11.1 Å². The molecular weight excluding hydrogens is 330 g/mol. The molecule has 0 aliphatic heterocycles. The number of nitrogens with zero attached hydrogens (tertiary/aromatic N) is 1. The molecule has 0 saturated carbocycles. The Bertz CT molecular complexity index is 887. The van der Waals surface area contributed by atoms with Gasteiger partial charge in [0.2, 0.25) is 0 Å². The van der Waals surface area contributed by atoms with Gasteiger partial charge in [-0.2, -0.15) is 5.10 Å². The van der Waals surface area contributed by atoms with Gasteiger partial charge in [0.25, 0.3) is 5.91 Å². The SMILES string of the molecule is COc1ccc(-c2[nH]ncc2C(=O)NC(C)c2ccccc2OC)cc1. The fourth-order valence-corrected chi connectivity index (χ4v) is 2.81. The Kier molecular flexibility index (Phi) is 5.22. The van der Waals surface area contributed by atoms with Crippen molar-refractivity contribution in [1.82, 2.24) is 15.5 Å². The molecule has 0 fully saturated rings. The Morgan fingerprint density at radius 1 is 1.08 bits per heavy atom. The molecule has 1 aromatic heterocycles. The van der Waals surface area contributed by atoms with Crippen LogP contribution in [0.3, 0.4) is 0 Å². The zero-order valence-corrected chi connectivity index (χ0v) is 14.9. The van der Waals surface area contributed by atoms with E-state index in [1.165, 1.54) is 6.20 Å². The normalized spacial score (nSPS) is 11.7.